The summed E-state index contributed by atoms with van der Waals surface area (Å²) in [6.07, 6.45) is 4.51. The van der Waals surface area contributed by atoms with Gasteiger partial charge in [-0.2, -0.15) is 0 Å². The molecule has 0 aliphatic heterocycles. The number of ether oxygens (including phenoxy) is 1. The zero-order valence-corrected chi connectivity index (χ0v) is 11.9. The molecule has 0 unspecified atom stereocenters. The molecule has 0 aliphatic carbocycles. The molecule has 0 atom stereocenters. The number of hydrogen-bond donors (Lipinski definition) is 1. The second kappa shape index (κ2) is 6.18. The van der Waals surface area contributed by atoms with Crippen molar-refractivity contribution in [3.05, 3.63) is 41.6 Å². The molecule has 0 saturated heterocycles. The Morgan fingerprint density at radius 3 is 2.85 bits per heavy atom. The van der Waals surface area contributed by atoms with Crippen molar-refractivity contribution in [2.45, 2.75) is 13.3 Å². The van der Waals surface area contributed by atoms with Crippen LogP contribution in [0.25, 0.3) is 0 Å². The summed E-state index contributed by atoms with van der Waals surface area (Å²) >= 11 is 0. The highest BCUT2D eigenvalue weighted by Crippen LogP contribution is 2.11. The number of pyridine rings is 1. The molecule has 0 amide bonds. The zero-order valence-electron chi connectivity index (χ0n) is 11.9. The molecular formula is C14H18N4O2. The van der Waals surface area contributed by atoms with Crippen LogP contribution in [0.1, 0.15) is 21.9 Å². The second-order valence-electron chi connectivity index (χ2n) is 4.45. The van der Waals surface area contributed by atoms with Crippen LogP contribution in [0.15, 0.2) is 24.5 Å². The third kappa shape index (κ3) is 3.14. The van der Waals surface area contributed by atoms with E-state index in [1.165, 1.54) is 7.11 Å². The Hall–Kier alpha value is -2.37. The lowest BCUT2D eigenvalue weighted by Gasteiger charge is -2.08. The Labute approximate surface area is 117 Å². The van der Waals surface area contributed by atoms with Crippen LogP contribution in [0.2, 0.25) is 0 Å². The Balaban J connectivity index is 1.95. The van der Waals surface area contributed by atoms with Crippen molar-refractivity contribution in [3.8, 4) is 0 Å². The molecule has 0 aliphatic rings. The van der Waals surface area contributed by atoms with Gasteiger partial charge in [0.05, 0.1) is 18.4 Å². The van der Waals surface area contributed by atoms with Gasteiger partial charge in [0.2, 0.25) is 0 Å². The molecule has 2 aromatic heterocycles. The average Bonchev–Trinajstić information content (AvgIpc) is 2.84. The van der Waals surface area contributed by atoms with Gasteiger partial charge in [0.1, 0.15) is 11.6 Å². The van der Waals surface area contributed by atoms with Gasteiger partial charge in [-0.05, 0) is 19.1 Å². The number of esters is 1. The summed E-state index contributed by atoms with van der Waals surface area (Å²) in [6.45, 7) is 2.52. The summed E-state index contributed by atoms with van der Waals surface area (Å²) in [6, 6.07) is 3.49. The topological polar surface area (TPSA) is 69.0 Å². The summed E-state index contributed by atoms with van der Waals surface area (Å²) in [7, 11) is 3.33. The molecule has 106 valence electrons. The highest BCUT2D eigenvalue weighted by molar-refractivity contribution is 5.90. The smallest absolute Gasteiger partial charge is 0.339 e. The van der Waals surface area contributed by atoms with E-state index in [-0.39, 0.29) is 5.97 Å². The van der Waals surface area contributed by atoms with E-state index in [4.69, 9.17) is 0 Å². The number of imidazole rings is 1. The van der Waals surface area contributed by atoms with Gasteiger partial charge in [-0.15, -0.1) is 0 Å². The lowest BCUT2D eigenvalue weighted by molar-refractivity contribution is 0.0599. The first kappa shape index (κ1) is 14.0. The van der Waals surface area contributed by atoms with E-state index in [1.807, 2.05) is 17.8 Å². The molecule has 0 bridgehead atoms. The highest BCUT2D eigenvalue weighted by atomic mass is 16.5. The van der Waals surface area contributed by atoms with Crippen molar-refractivity contribution in [1.29, 1.82) is 0 Å². The Bertz CT molecular complexity index is 607. The minimum atomic E-state index is -0.366. The van der Waals surface area contributed by atoms with E-state index >= 15 is 0 Å². The van der Waals surface area contributed by atoms with Crippen LogP contribution < -0.4 is 5.32 Å². The van der Waals surface area contributed by atoms with E-state index < -0.39 is 0 Å². The monoisotopic (exact) mass is 274 g/mol. The average molecular weight is 274 g/mol. The standard InChI is InChI=1S/C14H18N4O2/c1-10-11(14(19)20-3)4-5-12(17-10)15-7-6-13-16-8-9-18(13)2/h4-5,8-9H,6-7H2,1-3H3,(H,15,17). The predicted molar refractivity (Wildman–Crippen MR) is 75.7 cm³/mol. The third-order valence-corrected chi connectivity index (χ3v) is 3.07. The van der Waals surface area contributed by atoms with Gasteiger partial charge in [0.25, 0.3) is 0 Å². The molecule has 0 fully saturated rings. The van der Waals surface area contributed by atoms with Crippen LogP contribution in [-0.4, -0.2) is 34.2 Å². The predicted octanol–water partition coefficient (Wildman–Crippen LogP) is 1.56. The van der Waals surface area contributed by atoms with Gasteiger partial charge >= 0.3 is 5.97 Å². The number of aromatic nitrogens is 3. The quantitative estimate of drug-likeness (QED) is 0.838. The van der Waals surface area contributed by atoms with Crippen molar-refractivity contribution in [1.82, 2.24) is 14.5 Å². The maximum atomic E-state index is 11.5. The lowest BCUT2D eigenvalue weighted by Crippen LogP contribution is -2.11. The fourth-order valence-corrected chi connectivity index (χ4v) is 1.92. The van der Waals surface area contributed by atoms with Crippen LogP contribution in [0, 0.1) is 6.92 Å². The van der Waals surface area contributed by atoms with Crippen LogP contribution in [0.4, 0.5) is 5.82 Å². The van der Waals surface area contributed by atoms with Gasteiger partial charge in [-0.25, -0.2) is 14.8 Å². The number of rotatable bonds is 5. The number of anilines is 1. The lowest BCUT2D eigenvalue weighted by atomic mass is 10.2. The first-order valence-electron chi connectivity index (χ1n) is 6.38. The van der Waals surface area contributed by atoms with Crippen molar-refractivity contribution >= 4 is 11.8 Å². The van der Waals surface area contributed by atoms with Crippen molar-refractivity contribution < 1.29 is 9.53 Å². The normalized spacial score (nSPS) is 10.3. The maximum Gasteiger partial charge on any atom is 0.339 e. The molecule has 2 rings (SSSR count). The van der Waals surface area contributed by atoms with E-state index in [9.17, 15) is 4.79 Å². The fourth-order valence-electron chi connectivity index (χ4n) is 1.92. The second-order valence-corrected chi connectivity index (χ2v) is 4.45. The van der Waals surface area contributed by atoms with Crippen molar-refractivity contribution in [2.75, 3.05) is 19.0 Å². The van der Waals surface area contributed by atoms with E-state index in [0.29, 0.717) is 11.3 Å². The number of nitrogens with one attached hydrogen (secondary N) is 1. The maximum absolute atomic E-state index is 11.5. The number of methoxy groups -OCH3 is 1. The van der Waals surface area contributed by atoms with Gasteiger partial charge in [0, 0.05) is 32.4 Å². The molecule has 2 aromatic rings. The fraction of sp³-hybridized carbons (Fsp3) is 0.357. The molecular weight excluding hydrogens is 256 g/mol. The first-order valence-corrected chi connectivity index (χ1v) is 6.38. The molecule has 6 heteroatoms. The number of hydrogen-bond acceptors (Lipinski definition) is 5. The molecule has 6 nitrogen and oxygen atoms in total. The van der Waals surface area contributed by atoms with Gasteiger partial charge in [-0.3, -0.25) is 0 Å². The van der Waals surface area contributed by atoms with Crippen LogP contribution in [0.3, 0.4) is 0 Å². The van der Waals surface area contributed by atoms with Crippen LogP contribution in [0.5, 0.6) is 0 Å². The van der Waals surface area contributed by atoms with Gasteiger partial charge < -0.3 is 14.6 Å². The summed E-state index contributed by atoms with van der Waals surface area (Å²) in [5.41, 5.74) is 1.14. The number of nitrogens with zero attached hydrogens (tertiary/aromatic N) is 3. The van der Waals surface area contributed by atoms with E-state index in [0.717, 1.165) is 24.6 Å². The zero-order chi connectivity index (χ0) is 14.5. The number of carbonyl (C=O) groups excluding carboxylic acids is 1. The first-order chi connectivity index (χ1) is 9.61. The summed E-state index contributed by atoms with van der Waals surface area (Å²) < 4.78 is 6.68. The van der Waals surface area contributed by atoms with Crippen LogP contribution in [-0.2, 0) is 18.2 Å². The highest BCUT2D eigenvalue weighted by Gasteiger charge is 2.10. The van der Waals surface area contributed by atoms with E-state index in [1.54, 1.807) is 25.3 Å². The minimum absolute atomic E-state index is 0.366. The van der Waals surface area contributed by atoms with Gasteiger partial charge in [0.15, 0.2) is 0 Å². The number of aryl methyl sites for hydroxylation is 2. The summed E-state index contributed by atoms with van der Waals surface area (Å²) in [4.78, 5) is 20.1. The summed E-state index contributed by atoms with van der Waals surface area (Å²) in [5.74, 6) is 1.39. The molecule has 0 spiro atoms. The van der Waals surface area contributed by atoms with Crippen molar-refractivity contribution in [2.24, 2.45) is 7.05 Å². The van der Waals surface area contributed by atoms with Gasteiger partial charge in [-0.1, -0.05) is 0 Å². The number of carbonyl (C=O) groups is 1. The molecule has 0 radical (unpaired) electrons. The van der Waals surface area contributed by atoms with Crippen LogP contribution >= 0.6 is 0 Å². The largest absolute Gasteiger partial charge is 0.465 e. The Morgan fingerprint density at radius 1 is 1.45 bits per heavy atom. The SMILES string of the molecule is COC(=O)c1ccc(NCCc2nccn2C)nc1C. The Morgan fingerprint density at radius 2 is 2.25 bits per heavy atom. The molecule has 0 aromatic carbocycles. The van der Waals surface area contributed by atoms with E-state index in [2.05, 4.69) is 20.0 Å². The summed E-state index contributed by atoms with van der Waals surface area (Å²) in [5, 5.41) is 3.22. The third-order valence-electron chi connectivity index (χ3n) is 3.07. The molecule has 1 N–H and O–H groups in total. The minimum Gasteiger partial charge on any atom is -0.465 e. The Kier molecular flexibility index (Phi) is 4.34. The molecule has 20 heavy (non-hydrogen) atoms. The molecule has 0 saturated carbocycles. The molecule has 2 heterocycles. The van der Waals surface area contributed by atoms with Crippen molar-refractivity contribution in [3.63, 3.8) is 0 Å².